The van der Waals surface area contributed by atoms with Gasteiger partial charge in [0.05, 0.1) is 6.61 Å². The molecule has 2 unspecified atom stereocenters. The maximum atomic E-state index is 5.50. The second-order valence-corrected chi connectivity index (χ2v) is 5.88. The van der Waals surface area contributed by atoms with Crippen molar-refractivity contribution in [2.45, 2.75) is 25.8 Å². The number of rotatable bonds is 5. The van der Waals surface area contributed by atoms with Crippen molar-refractivity contribution in [2.24, 2.45) is 5.92 Å². The molecule has 0 aliphatic carbocycles. The highest BCUT2D eigenvalue weighted by atomic mass is 16.5. The Hall–Kier alpha value is -1.80. The van der Waals surface area contributed by atoms with Gasteiger partial charge in [-0.15, -0.1) is 0 Å². The minimum atomic E-state index is 0.449. The highest BCUT2D eigenvalue weighted by Crippen LogP contribution is 2.24. The zero-order chi connectivity index (χ0) is 14.5. The summed E-state index contributed by atoms with van der Waals surface area (Å²) in [5.74, 6) is 0.620. The molecule has 1 fully saturated rings. The van der Waals surface area contributed by atoms with Crippen molar-refractivity contribution in [2.75, 3.05) is 18.5 Å². The van der Waals surface area contributed by atoms with E-state index in [1.54, 1.807) is 0 Å². The zero-order valence-electron chi connectivity index (χ0n) is 12.6. The van der Waals surface area contributed by atoms with Gasteiger partial charge >= 0.3 is 0 Å². The van der Waals surface area contributed by atoms with Crippen LogP contribution in [0.5, 0.6) is 0 Å². The number of ether oxygens (including phenoxy) is 1. The summed E-state index contributed by atoms with van der Waals surface area (Å²) in [6, 6.07) is 19.7. The number of hydrogen-bond donors (Lipinski definition) is 1. The van der Waals surface area contributed by atoms with Crippen LogP contribution in [-0.4, -0.2) is 19.3 Å². The second-order valence-electron chi connectivity index (χ2n) is 5.88. The van der Waals surface area contributed by atoms with Gasteiger partial charge in [0.2, 0.25) is 0 Å². The van der Waals surface area contributed by atoms with Crippen molar-refractivity contribution in [1.82, 2.24) is 0 Å². The van der Waals surface area contributed by atoms with E-state index in [2.05, 4.69) is 66.8 Å². The third kappa shape index (κ3) is 3.64. The number of anilines is 1. The summed E-state index contributed by atoms with van der Waals surface area (Å²) >= 11 is 0. The summed E-state index contributed by atoms with van der Waals surface area (Å²) in [6.45, 7) is 4.05. The predicted molar refractivity (Wildman–Crippen MR) is 87.7 cm³/mol. The monoisotopic (exact) mass is 281 g/mol. The number of benzene rings is 2. The van der Waals surface area contributed by atoms with Crippen LogP contribution in [0.15, 0.2) is 54.6 Å². The lowest BCUT2D eigenvalue weighted by Gasteiger charge is -2.22. The van der Waals surface area contributed by atoms with Crippen LogP contribution in [0, 0.1) is 5.92 Å². The molecule has 1 heterocycles. The molecule has 2 atom stereocenters. The van der Waals surface area contributed by atoms with E-state index in [9.17, 15) is 0 Å². The van der Waals surface area contributed by atoms with Crippen LogP contribution in [0.3, 0.4) is 0 Å². The van der Waals surface area contributed by atoms with Gasteiger partial charge in [-0.3, -0.25) is 0 Å². The number of hydrogen-bond acceptors (Lipinski definition) is 2. The van der Waals surface area contributed by atoms with Gasteiger partial charge in [0.15, 0.2) is 0 Å². The SMILES string of the molecule is CC(Nc1ccccc1Cc1ccccc1)C1CCOC1. The summed E-state index contributed by atoms with van der Waals surface area (Å²) in [7, 11) is 0. The second kappa shape index (κ2) is 6.77. The van der Waals surface area contributed by atoms with Crippen molar-refractivity contribution in [3.63, 3.8) is 0 Å². The Morgan fingerprint density at radius 3 is 2.62 bits per heavy atom. The third-order valence-corrected chi connectivity index (χ3v) is 4.31. The quantitative estimate of drug-likeness (QED) is 0.890. The van der Waals surface area contributed by atoms with E-state index in [4.69, 9.17) is 4.74 Å². The van der Waals surface area contributed by atoms with Crippen LogP contribution in [0.2, 0.25) is 0 Å². The Kier molecular flexibility index (Phi) is 4.56. The van der Waals surface area contributed by atoms with Crippen LogP contribution in [0.1, 0.15) is 24.5 Å². The van der Waals surface area contributed by atoms with E-state index in [-0.39, 0.29) is 0 Å². The first-order valence-electron chi connectivity index (χ1n) is 7.79. The minimum Gasteiger partial charge on any atom is -0.382 e. The molecular weight excluding hydrogens is 258 g/mol. The Labute approximate surface area is 127 Å². The van der Waals surface area contributed by atoms with E-state index < -0.39 is 0 Å². The molecule has 2 nitrogen and oxygen atoms in total. The summed E-state index contributed by atoms with van der Waals surface area (Å²) < 4.78 is 5.50. The minimum absolute atomic E-state index is 0.449. The highest BCUT2D eigenvalue weighted by molar-refractivity contribution is 5.53. The molecule has 0 spiro atoms. The number of para-hydroxylation sites is 1. The Balaban J connectivity index is 1.73. The Bertz CT molecular complexity index is 561. The average molecular weight is 281 g/mol. The molecule has 0 amide bonds. The molecule has 0 aromatic heterocycles. The fraction of sp³-hybridized carbons (Fsp3) is 0.368. The Morgan fingerprint density at radius 2 is 1.86 bits per heavy atom. The number of nitrogens with one attached hydrogen (secondary N) is 1. The largest absolute Gasteiger partial charge is 0.382 e. The van der Waals surface area contributed by atoms with Crippen LogP contribution in [0.4, 0.5) is 5.69 Å². The molecule has 21 heavy (non-hydrogen) atoms. The van der Waals surface area contributed by atoms with E-state index in [1.165, 1.54) is 16.8 Å². The van der Waals surface area contributed by atoms with Gasteiger partial charge in [-0.2, -0.15) is 0 Å². The van der Waals surface area contributed by atoms with E-state index in [0.717, 1.165) is 26.1 Å². The standard InChI is InChI=1S/C19H23NO/c1-15(18-11-12-21-14-18)20-19-10-6-5-9-17(19)13-16-7-3-2-4-8-16/h2-10,15,18,20H,11-14H2,1H3. The van der Waals surface area contributed by atoms with Crippen LogP contribution in [0.25, 0.3) is 0 Å². The molecule has 0 saturated carbocycles. The van der Waals surface area contributed by atoms with Crippen molar-refractivity contribution < 1.29 is 4.74 Å². The molecule has 1 saturated heterocycles. The first-order valence-corrected chi connectivity index (χ1v) is 7.79. The zero-order valence-corrected chi connectivity index (χ0v) is 12.6. The first kappa shape index (κ1) is 14.2. The molecule has 1 N–H and O–H groups in total. The van der Waals surface area contributed by atoms with Gasteiger partial charge in [0.1, 0.15) is 0 Å². The van der Waals surface area contributed by atoms with E-state index >= 15 is 0 Å². The maximum absolute atomic E-state index is 5.50. The van der Waals surface area contributed by atoms with Crippen LogP contribution >= 0.6 is 0 Å². The summed E-state index contributed by atoms with van der Waals surface area (Å²) in [4.78, 5) is 0. The summed E-state index contributed by atoms with van der Waals surface area (Å²) in [5, 5.41) is 3.69. The molecule has 0 bridgehead atoms. The highest BCUT2D eigenvalue weighted by Gasteiger charge is 2.22. The van der Waals surface area contributed by atoms with E-state index in [0.29, 0.717) is 12.0 Å². The molecule has 0 radical (unpaired) electrons. The Morgan fingerprint density at radius 1 is 1.10 bits per heavy atom. The van der Waals surface area contributed by atoms with Gasteiger partial charge in [0, 0.05) is 24.3 Å². The molecule has 1 aliphatic rings. The molecule has 2 aromatic rings. The third-order valence-electron chi connectivity index (χ3n) is 4.31. The van der Waals surface area contributed by atoms with Gasteiger partial charge in [-0.1, -0.05) is 48.5 Å². The normalized spacial score (nSPS) is 19.4. The van der Waals surface area contributed by atoms with Crippen LogP contribution in [-0.2, 0) is 11.2 Å². The molecule has 1 aliphatic heterocycles. The van der Waals surface area contributed by atoms with Crippen LogP contribution < -0.4 is 5.32 Å². The van der Waals surface area contributed by atoms with Crippen molar-refractivity contribution in [3.05, 3.63) is 65.7 Å². The lowest BCUT2D eigenvalue weighted by atomic mass is 9.98. The molecule has 2 aromatic carbocycles. The van der Waals surface area contributed by atoms with Gasteiger partial charge in [-0.05, 0) is 37.0 Å². The van der Waals surface area contributed by atoms with Crippen molar-refractivity contribution in [1.29, 1.82) is 0 Å². The smallest absolute Gasteiger partial charge is 0.0514 e. The van der Waals surface area contributed by atoms with Crippen molar-refractivity contribution in [3.8, 4) is 0 Å². The fourth-order valence-corrected chi connectivity index (χ4v) is 2.94. The first-order chi connectivity index (χ1) is 10.3. The van der Waals surface area contributed by atoms with Gasteiger partial charge in [0.25, 0.3) is 0 Å². The molecule has 3 rings (SSSR count). The van der Waals surface area contributed by atoms with Gasteiger partial charge in [-0.25, -0.2) is 0 Å². The van der Waals surface area contributed by atoms with Gasteiger partial charge < -0.3 is 10.1 Å². The topological polar surface area (TPSA) is 21.3 Å². The predicted octanol–water partition coefficient (Wildman–Crippen LogP) is 4.11. The van der Waals surface area contributed by atoms with Crippen molar-refractivity contribution >= 4 is 5.69 Å². The molecular formula is C19H23NO. The summed E-state index contributed by atoms with van der Waals surface area (Å²) in [5.41, 5.74) is 3.96. The fourth-order valence-electron chi connectivity index (χ4n) is 2.94. The lowest BCUT2D eigenvalue weighted by molar-refractivity contribution is 0.183. The summed E-state index contributed by atoms with van der Waals surface area (Å²) in [6.07, 6.45) is 2.13. The molecule has 110 valence electrons. The maximum Gasteiger partial charge on any atom is 0.0514 e. The average Bonchev–Trinajstić information content (AvgIpc) is 3.05. The molecule has 2 heteroatoms. The lowest BCUT2D eigenvalue weighted by Crippen LogP contribution is -2.26. The van der Waals surface area contributed by atoms with E-state index in [1.807, 2.05) is 0 Å².